The second-order valence-corrected chi connectivity index (χ2v) is 8.17. The molecule has 4 heterocycles. The molecule has 4 rings (SSSR count). The maximum Gasteiger partial charge on any atom is 0.261 e. The Labute approximate surface area is 136 Å². The standard InChI is InChI=1S/C15H17N3O2S2/c1-8-7-20-15(16-8)22-13-5-4-12(21-13)14(19)18-11-6-9-2-3-10(11)17-9/h4-5,7,9-11,17H,2-3,6H2,1H3,(H,18,19)/t9-,10+,11-/m1/s1. The van der Waals surface area contributed by atoms with Crippen LogP contribution in [-0.4, -0.2) is 29.0 Å². The van der Waals surface area contributed by atoms with Crippen LogP contribution >= 0.6 is 23.1 Å². The largest absolute Gasteiger partial charge is 0.439 e. The van der Waals surface area contributed by atoms with E-state index < -0.39 is 0 Å². The third-order valence-corrected chi connectivity index (χ3v) is 6.29. The lowest BCUT2D eigenvalue weighted by Gasteiger charge is -2.20. The molecule has 2 aromatic rings. The van der Waals surface area contributed by atoms with Crippen molar-refractivity contribution in [3.05, 3.63) is 29.0 Å². The summed E-state index contributed by atoms with van der Waals surface area (Å²) in [4.78, 5) is 17.4. The van der Waals surface area contributed by atoms with Gasteiger partial charge < -0.3 is 15.1 Å². The summed E-state index contributed by atoms with van der Waals surface area (Å²) in [6.45, 7) is 1.89. The van der Waals surface area contributed by atoms with Crippen LogP contribution in [0.1, 0.15) is 34.6 Å². The lowest BCUT2D eigenvalue weighted by Crippen LogP contribution is -2.42. The Bertz CT molecular complexity index is 697. The van der Waals surface area contributed by atoms with E-state index in [1.54, 1.807) is 6.26 Å². The predicted molar refractivity (Wildman–Crippen MR) is 85.5 cm³/mol. The molecular weight excluding hydrogens is 318 g/mol. The van der Waals surface area contributed by atoms with Gasteiger partial charge in [0.15, 0.2) is 0 Å². The summed E-state index contributed by atoms with van der Waals surface area (Å²) in [7, 11) is 0. The van der Waals surface area contributed by atoms with Gasteiger partial charge in [0.2, 0.25) is 0 Å². The minimum Gasteiger partial charge on any atom is -0.439 e. The van der Waals surface area contributed by atoms with Crippen molar-refractivity contribution in [1.82, 2.24) is 15.6 Å². The molecule has 22 heavy (non-hydrogen) atoms. The van der Waals surface area contributed by atoms with E-state index >= 15 is 0 Å². The first kappa shape index (κ1) is 14.3. The monoisotopic (exact) mass is 335 g/mol. The number of aryl methyl sites for hydroxylation is 1. The van der Waals surface area contributed by atoms with Crippen LogP contribution in [0.4, 0.5) is 0 Å². The third-order valence-electron chi connectivity index (χ3n) is 4.21. The third kappa shape index (κ3) is 2.80. The Balaban J connectivity index is 1.39. The van der Waals surface area contributed by atoms with E-state index in [-0.39, 0.29) is 11.9 Å². The maximum atomic E-state index is 12.4. The van der Waals surface area contributed by atoms with E-state index in [0.717, 1.165) is 21.2 Å². The number of thiophene rings is 1. The fourth-order valence-corrected chi connectivity index (χ4v) is 5.07. The van der Waals surface area contributed by atoms with Crippen molar-refractivity contribution < 1.29 is 9.21 Å². The molecule has 0 radical (unpaired) electrons. The van der Waals surface area contributed by atoms with E-state index in [9.17, 15) is 4.79 Å². The zero-order valence-corrected chi connectivity index (χ0v) is 13.8. The summed E-state index contributed by atoms with van der Waals surface area (Å²) in [5, 5.41) is 7.32. The van der Waals surface area contributed by atoms with Gasteiger partial charge in [-0.15, -0.1) is 11.3 Å². The van der Waals surface area contributed by atoms with Gasteiger partial charge in [-0.05, 0) is 50.1 Å². The van der Waals surface area contributed by atoms with Crippen LogP contribution in [0, 0.1) is 6.92 Å². The highest BCUT2D eigenvalue weighted by Gasteiger charge is 2.39. The first-order chi connectivity index (χ1) is 10.7. The number of carbonyl (C=O) groups is 1. The summed E-state index contributed by atoms with van der Waals surface area (Å²) in [6, 6.07) is 5.15. The van der Waals surface area contributed by atoms with E-state index in [1.165, 1.54) is 35.9 Å². The van der Waals surface area contributed by atoms with Gasteiger partial charge in [0, 0.05) is 18.1 Å². The van der Waals surface area contributed by atoms with Gasteiger partial charge >= 0.3 is 0 Å². The average molecular weight is 335 g/mol. The molecule has 2 aliphatic heterocycles. The molecule has 116 valence electrons. The maximum absolute atomic E-state index is 12.4. The minimum absolute atomic E-state index is 0.0276. The number of nitrogens with one attached hydrogen (secondary N) is 2. The molecule has 0 unspecified atom stereocenters. The van der Waals surface area contributed by atoms with Crippen LogP contribution in [0.15, 0.2) is 32.2 Å². The molecule has 3 atom stereocenters. The van der Waals surface area contributed by atoms with Gasteiger partial charge in [0.25, 0.3) is 11.1 Å². The molecule has 0 saturated carbocycles. The van der Waals surface area contributed by atoms with Gasteiger partial charge in [0.05, 0.1) is 14.8 Å². The molecule has 2 aromatic heterocycles. The van der Waals surface area contributed by atoms with Crippen molar-refractivity contribution in [3.8, 4) is 0 Å². The number of hydrogen-bond donors (Lipinski definition) is 2. The molecule has 0 aromatic carbocycles. The van der Waals surface area contributed by atoms with Crippen molar-refractivity contribution >= 4 is 29.0 Å². The van der Waals surface area contributed by atoms with Crippen LogP contribution in [0.3, 0.4) is 0 Å². The van der Waals surface area contributed by atoms with Crippen LogP contribution in [-0.2, 0) is 0 Å². The summed E-state index contributed by atoms with van der Waals surface area (Å²) in [6.07, 6.45) is 5.10. The van der Waals surface area contributed by atoms with Gasteiger partial charge in [-0.25, -0.2) is 4.98 Å². The summed E-state index contributed by atoms with van der Waals surface area (Å²) >= 11 is 2.93. The fourth-order valence-electron chi connectivity index (χ4n) is 3.19. The van der Waals surface area contributed by atoms with Crippen molar-refractivity contribution in [3.63, 3.8) is 0 Å². The molecule has 1 amide bonds. The highest BCUT2D eigenvalue weighted by atomic mass is 32.2. The zero-order chi connectivity index (χ0) is 15.1. The molecule has 2 N–H and O–H groups in total. The van der Waals surface area contributed by atoms with E-state index in [2.05, 4.69) is 15.6 Å². The topological polar surface area (TPSA) is 67.2 Å². The van der Waals surface area contributed by atoms with E-state index in [1.807, 2.05) is 19.1 Å². The van der Waals surface area contributed by atoms with Crippen molar-refractivity contribution in [2.75, 3.05) is 0 Å². The lowest BCUT2D eigenvalue weighted by molar-refractivity contribution is 0.0935. The molecule has 7 heteroatoms. The highest BCUT2D eigenvalue weighted by Crippen LogP contribution is 2.33. The molecule has 2 saturated heterocycles. The Morgan fingerprint density at radius 1 is 1.50 bits per heavy atom. The molecule has 0 aliphatic carbocycles. The fraction of sp³-hybridized carbons (Fsp3) is 0.467. The Kier molecular flexibility index (Phi) is 3.71. The zero-order valence-electron chi connectivity index (χ0n) is 12.2. The average Bonchev–Trinajstić information content (AvgIpc) is 3.24. The van der Waals surface area contributed by atoms with Gasteiger partial charge in [0.1, 0.15) is 6.26 Å². The van der Waals surface area contributed by atoms with Gasteiger partial charge in [-0.1, -0.05) is 0 Å². The Morgan fingerprint density at radius 2 is 2.41 bits per heavy atom. The minimum atomic E-state index is 0.0276. The van der Waals surface area contributed by atoms with Crippen LogP contribution in [0.2, 0.25) is 0 Å². The molecule has 2 aliphatic rings. The second kappa shape index (κ2) is 5.72. The van der Waals surface area contributed by atoms with Crippen molar-refractivity contribution in [2.45, 2.75) is 53.7 Å². The SMILES string of the molecule is Cc1coc(Sc2ccc(C(=O)N[C@@H]3C[C@H]4CC[C@@H]3N4)s2)n1. The number of hydrogen-bond acceptors (Lipinski definition) is 6. The molecule has 0 spiro atoms. The number of nitrogens with zero attached hydrogens (tertiary/aromatic N) is 1. The molecular formula is C15H17N3O2S2. The van der Waals surface area contributed by atoms with E-state index in [0.29, 0.717) is 17.3 Å². The number of amides is 1. The summed E-state index contributed by atoms with van der Waals surface area (Å²) < 4.78 is 6.34. The van der Waals surface area contributed by atoms with Crippen LogP contribution < -0.4 is 10.6 Å². The predicted octanol–water partition coefficient (Wildman–Crippen LogP) is 2.82. The quantitative estimate of drug-likeness (QED) is 0.899. The summed E-state index contributed by atoms with van der Waals surface area (Å²) in [5.41, 5.74) is 0.862. The number of fused-ring (bicyclic) bond motifs is 2. The second-order valence-electron chi connectivity index (χ2n) is 5.84. The van der Waals surface area contributed by atoms with Gasteiger partial charge in [-0.3, -0.25) is 4.79 Å². The molecule has 2 fully saturated rings. The summed E-state index contributed by atoms with van der Waals surface area (Å²) in [5.74, 6) is 0.0276. The number of oxazole rings is 1. The number of carbonyl (C=O) groups excluding carboxylic acids is 1. The van der Waals surface area contributed by atoms with Crippen LogP contribution in [0.5, 0.6) is 0 Å². The lowest BCUT2D eigenvalue weighted by atomic mass is 9.95. The highest BCUT2D eigenvalue weighted by molar-refractivity contribution is 8.01. The van der Waals surface area contributed by atoms with Gasteiger partial charge in [-0.2, -0.15) is 0 Å². The van der Waals surface area contributed by atoms with E-state index in [4.69, 9.17) is 4.42 Å². The first-order valence-electron chi connectivity index (χ1n) is 7.44. The van der Waals surface area contributed by atoms with Crippen molar-refractivity contribution in [1.29, 1.82) is 0 Å². The Hall–Kier alpha value is -1.31. The normalized spacial score (nSPS) is 26.5. The number of aromatic nitrogens is 1. The van der Waals surface area contributed by atoms with Crippen LogP contribution in [0.25, 0.3) is 0 Å². The Morgan fingerprint density at radius 3 is 3.09 bits per heavy atom. The first-order valence-corrected chi connectivity index (χ1v) is 9.07. The van der Waals surface area contributed by atoms with Crippen molar-refractivity contribution in [2.24, 2.45) is 0 Å². The smallest absolute Gasteiger partial charge is 0.261 e. The molecule has 5 nitrogen and oxygen atoms in total. The molecule has 2 bridgehead atoms. The number of rotatable bonds is 4.